The minimum Gasteiger partial charge on any atom is -0.330 e. The van der Waals surface area contributed by atoms with Crippen LogP contribution >= 0.6 is 0 Å². The molecule has 0 heterocycles. The smallest absolute Gasteiger partial charge is 0.0136 e. The summed E-state index contributed by atoms with van der Waals surface area (Å²) in [5.74, 6) is 1.58. The molecule has 0 bridgehead atoms. The Morgan fingerprint density at radius 1 is 1.12 bits per heavy atom. The molecule has 3 atom stereocenters. The summed E-state index contributed by atoms with van der Waals surface area (Å²) in [6, 6.07) is 0.702. The van der Waals surface area contributed by atoms with Crippen LogP contribution in [0.1, 0.15) is 26.2 Å². The first-order chi connectivity index (χ1) is 7.54. The summed E-state index contributed by atoms with van der Waals surface area (Å²) >= 11 is 0. The van der Waals surface area contributed by atoms with Crippen molar-refractivity contribution in [3.05, 3.63) is 0 Å². The minimum absolute atomic E-state index is 0.702. The summed E-state index contributed by atoms with van der Waals surface area (Å²) in [6.45, 7) is 5.52. The maximum Gasteiger partial charge on any atom is 0.0136 e. The van der Waals surface area contributed by atoms with E-state index in [-0.39, 0.29) is 0 Å². The van der Waals surface area contributed by atoms with Crippen molar-refractivity contribution in [1.82, 2.24) is 9.80 Å². The van der Waals surface area contributed by atoms with Crippen LogP contribution < -0.4 is 5.73 Å². The van der Waals surface area contributed by atoms with Gasteiger partial charge >= 0.3 is 0 Å². The summed E-state index contributed by atoms with van der Waals surface area (Å²) in [5.41, 5.74) is 5.90. The Labute approximate surface area is 101 Å². The summed E-state index contributed by atoms with van der Waals surface area (Å²) in [4.78, 5) is 4.77. The van der Waals surface area contributed by atoms with Crippen LogP contribution in [0.15, 0.2) is 0 Å². The van der Waals surface area contributed by atoms with Crippen molar-refractivity contribution in [3.8, 4) is 0 Å². The molecule has 1 saturated carbocycles. The highest BCUT2D eigenvalue weighted by Crippen LogP contribution is 2.30. The molecule has 0 radical (unpaired) electrons. The van der Waals surface area contributed by atoms with E-state index in [9.17, 15) is 0 Å². The largest absolute Gasteiger partial charge is 0.330 e. The number of hydrogen-bond donors (Lipinski definition) is 1. The lowest BCUT2D eigenvalue weighted by Gasteiger charge is -2.40. The maximum atomic E-state index is 5.90. The maximum absolute atomic E-state index is 5.90. The van der Waals surface area contributed by atoms with Crippen LogP contribution in [0.2, 0.25) is 0 Å². The van der Waals surface area contributed by atoms with Crippen LogP contribution in [-0.4, -0.2) is 56.6 Å². The zero-order valence-electron chi connectivity index (χ0n) is 11.4. The highest BCUT2D eigenvalue weighted by atomic mass is 15.2. The Morgan fingerprint density at radius 2 is 1.81 bits per heavy atom. The van der Waals surface area contributed by atoms with Gasteiger partial charge in [-0.2, -0.15) is 0 Å². The highest BCUT2D eigenvalue weighted by molar-refractivity contribution is 4.85. The molecule has 3 heteroatoms. The van der Waals surface area contributed by atoms with E-state index in [2.05, 4.69) is 37.9 Å². The molecule has 0 aromatic heterocycles. The first kappa shape index (κ1) is 13.9. The Balaban J connectivity index is 2.46. The number of hydrogen-bond acceptors (Lipinski definition) is 3. The van der Waals surface area contributed by atoms with Crippen molar-refractivity contribution in [1.29, 1.82) is 0 Å². The molecular formula is C13H29N3. The van der Waals surface area contributed by atoms with Gasteiger partial charge in [-0.1, -0.05) is 13.3 Å². The van der Waals surface area contributed by atoms with Gasteiger partial charge in [-0.05, 0) is 52.4 Å². The summed E-state index contributed by atoms with van der Waals surface area (Å²) < 4.78 is 0. The molecule has 0 aromatic rings. The lowest BCUT2D eigenvalue weighted by molar-refractivity contribution is 0.102. The predicted octanol–water partition coefficient (Wildman–Crippen LogP) is 1.24. The molecular weight excluding hydrogens is 198 g/mol. The van der Waals surface area contributed by atoms with E-state index in [4.69, 9.17) is 5.73 Å². The van der Waals surface area contributed by atoms with Crippen LogP contribution in [0.25, 0.3) is 0 Å². The molecule has 96 valence electrons. The van der Waals surface area contributed by atoms with Gasteiger partial charge in [-0.15, -0.1) is 0 Å². The lowest BCUT2D eigenvalue weighted by Crippen LogP contribution is -2.46. The fourth-order valence-corrected chi connectivity index (χ4v) is 2.75. The SMILES string of the molecule is CC1CCC(CN)C(N(C)CCN(C)C)C1. The van der Waals surface area contributed by atoms with Gasteiger partial charge in [0.1, 0.15) is 0 Å². The topological polar surface area (TPSA) is 32.5 Å². The van der Waals surface area contributed by atoms with E-state index in [0.29, 0.717) is 12.0 Å². The normalized spacial score (nSPS) is 31.3. The quantitative estimate of drug-likeness (QED) is 0.767. The van der Waals surface area contributed by atoms with E-state index in [1.807, 2.05) is 0 Å². The van der Waals surface area contributed by atoms with Crippen molar-refractivity contribution in [2.75, 3.05) is 40.8 Å². The molecule has 0 spiro atoms. The highest BCUT2D eigenvalue weighted by Gasteiger charge is 2.30. The fourth-order valence-electron chi connectivity index (χ4n) is 2.75. The molecule has 1 rings (SSSR count). The summed E-state index contributed by atoms with van der Waals surface area (Å²) in [6.07, 6.45) is 4.00. The van der Waals surface area contributed by atoms with Gasteiger partial charge in [0.15, 0.2) is 0 Å². The molecule has 1 aliphatic rings. The third kappa shape index (κ3) is 4.04. The Hall–Kier alpha value is -0.120. The van der Waals surface area contributed by atoms with Gasteiger partial charge in [-0.25, -0.2) is 0 Å². The predicted molar refractivity (Wildman–Crippen MR) is 70.5 cm³/mol. The number of likely N-dealkylation sites (N-methyl/N-ethyl adjacent to an activating group) is 2. The van der Waals surface area contributed by atoms with Crippen LogP contribution in [-0.2, 0) is 0 Å². The van der Waals surface area contributed by atoms with Gasteiger partial charge in [0.05, 0.1) is 0 Å². The van der Waals surface area contributed by atoms with Gasteiger partial charge in [0.25, 0.3) is 0 Å². The Kier molecular flexibility index (Phi) is 5.73. The Morgan fingerprint density at radius 3 is 2.38 bits per heavy atom. The van der Waals surface area contributed by atoms with Crippen molar-refractivity contribution in [3.63, 3.8) is 0 Å². The van der Waals surface area contributed by atoms with Gasteiger partial charge in [0, 0.05) is 19.1 Å². The zero-order chi connectivity index (χ0) is 12.1. The summed E-state index contributed by atoms with van der Waals surface area (Å²) in [5, 5.41) is 0. The van der Waals surface area contributed by atoms with Crippen LogP contribution in [0.4, 0.5) is 0 Å². The average molecular weight is 227 g/mol. The average Bonchev–Trinajstić information content (AvgIpc) is 2.25. The molecule has 0 aromatic carbocycles. The van der Waals surface area contributed by atoms with E-state index in [1.165, 1.54) is 19.3 Å². The second kappa shape index (κ2) is 6.58. The second-order valence-corrected chi connectivity index (χ2v) is 5.77. The van der Waals surface area contributed by atoms with Gasteiger partial charge < -0.3 is 15.5 Å². The first-order valence-corrected chi connectivity index (χ1v) is 6.59. The Bertz CT molecular complexity index is 194. The number of nitrogens with zero attached hydrogens (tertiary/aromatic N) is 2. The fraction of sp³-hybridized carbons (Fsp3) is 1.00. The molecule has 16 heavy (non-hydrogen) atoms. The van der Waals surface area contributed by atoms with Crippen LogP contribution in [0.3, 0.4) is 0 Å². The molecule has 1 fully saturated rings. The van der Waals surface area contributed by atoms with Crippen molar-refractivity contribution in [2.45, 2.75) is 32.2 Å². The second-order valence-electron chi connectivity index (χ2n) is 5.77. The molecule has 1 aliphatic carbocycles. The third-order valence-electron chi connectivity index (χ3n) is 3.99. The molecule has 3 unspecified atom stereocenters. The molecule has 0 saturated heterocycles. The monoisotopic (exact) mass is 227 g/mol. The molecule has 3 nitrogen and oxygen atoms in total. The van der Waals surface area contributed by atoms with Gasteiger partial charge in [-0.3, -0.25) is 0 Å². The van der Waals surface area contributed by atoms with Crippen molar-refractivity contribution < 1.29 is 0 Å². The van der Waals surface area contributed by atoms with E-state index in [1.54, 1.807) is 0 Å². The summed E-state index contributed by atoms with van der Waals surface area (Å²) in [7, 11) is 6.53. The van der Waals surface area contributed by atoms with Gasteiger partial charge in [0.2, 0.25) is 0 Å². The van der Waals surface area contributed by atoms with E-state index < -0.39 is 0 Å². The minimum atomic E-state index is 0.702. The standard InChI is InChI=1S/C13H29N3/c1-11-5-6-12(10-14)13(9-11)16(4)8-7-15(2)3/h11-13H,5-10,14H2,1-4H3. The third-order valence-corrected chi connectivity index (χ3v) is 3.99. The number of rotatable bonds is 5. The van der Waals surface area contributed by atoms with Crippen LogP contribution in [0.5, 0.6) is 0 Å². The van der Waals surface area contributed by atoms with E-state index >= 15 is 0 Å². The van der Waals surface area contributed by atoms with Crippen molar-refractivity contribution >= 4 is 0 Å². The van der Waals surface area contributed by atoms with Crippen molar-refractivity contribution in [2.24, 2.45) is 17.6 Å². The lowest BCUT2D eigenvalue weighted by atomic mass is 9.78. The first-order valence-electron chi connectivity index (χ1n) is 6.59. The van der Waals surface area contributed by atoms with Crippen LogP contribution in [0, 0.1) is 11.8 Å². The molecule has 0 aliphatic heterocycles. The number of nitrogens with two attached hydrogens (primary N) is 1. The van der Waals surface area contributed by atoms with E-state index in [0.717, 1.165) is 25.6 Å². The molecule has 0 amide bonds. The zero-order valence-corrected chi connectivity index (χ0v) is 11.4. The molecule has 2 N–H and O–H groups in total.